The van der Waals surface area contributed by atoms with Crippen LogP contribution in [-0.2, 0) is 4.79 Å². The van der Waals surface area contributed by atoms with Gasteiger partial charge in [-0.1, -0.05) is 19.9 Å². The van der Waals surface area contributed by atoms with Crippen molar-refractivity contribution in [3.8, 4) is 0 Å². The molecule has 1 aliphatic carbocycles. The van der Waals surface area contributed by atoms with Crippen molar-refractivity contribution in [1.29, 1.82) is 0 Å². The van der Waals surface area contributed by atoms with Gasteiger partial charge in [0.2, 0.25) is 5.91 Å². The minimum absolute atomic E-state index is 0.0304. The molecular weight excluding hydrogens is 278 g/mol. The fourth-order valence-corrected chi connectivity index (χ4v) is 2.38. The highest BCUT2D eigenvalue weighted by molar-refractivity contribution is 5.98. The highest BCUT2D eigenvalue weighted by Gasteiger charge is 2.29. The summed E-state index contributed by atoms with van der Waals surface area (Å²) in [4.78, 5) is 24.1. The maximum atomic E-state index is 12.3. The Balaban J connectivity index is 1.98. The largest absolute Gasteiger partial charge is 0.348 e. The lowest BCUT2D eigenvalue weighted by Crippen LogP contribution is -2.41. The predicted molar refractivity (Wildman–Crippen MR) is 87.6 cm³/mol. The third kappa shape index (κ3) is 4.84. The van der Waals surface area contributed by atoms with Gasteiger partial charge in [-0.15, -0.1) is 0 Å². The Morgan fingerprint density at radius 2 is 2.05 bits per heavy atom. The molecule has 1 saturated carbocycles. The van der Waals surface area contributed by atoms with Gasteiger partial charge in [0.25, 0.3) is 5.91 Å². The minimum Gasteiger partial charge on any atom is -0.348 e. The maximum Gasteiger partial charge on any atom is 0.251 e. The summed E-state index contributed by atoms with van der Waals surface area (Å²) >= 11 is 0. The number of carbonyl (C=O) groups is 2. The molecule has 0 aliphatic heterocycles. The molecule has 22 heavy (non-hydrogen) atoms. The summed E-state index contributed by atoms with van der Waals surface area (Å²) in [5, 5.41) is 5.81. The quantitative estimate of drug-likeness (QED) is 0.721. The molecule has 1 atom stereocenters. The zero-order valence-corrected chi connectivity index (χ0v) is 13.3. The van der Waals surface area contributed by atoms with Gasteiger partial charge in [-0.2, -0.15) is 0 Å². The van der Waals surface area contributed by atoms with E-state index in [9.17, 15) is 9.59 Å². The molecule has 1 unspecified atom stereocenters. The molecule has 0 bridgehead atoms. The Hall–Kier alpha value is -1.88. The molecule has 1 fully saturated rings. The summed E-state index contributed by atoms with van der Waals surface area (Å²) in [6.45, 7) is 4.62. The first-order chi connectivity index (χ1) is 10.5. The van der Waals surface area contributed by atoms with Gasteiger partial charge >= 0.3 is 0 Å². The number of benzene rings is 1. The van der Waals surface area contributed by atoms with Gasteiger partial charge in [0.1, 0.15) is 0 Å². The SMILES string of the molecule is CC(C)CC(CN)NC(=O)c1cccc(NC(=O)C2CC2)c1. The number of hydrogen-bond donors (Lipinski definition) is 3. The summed E-state index contributed by atoms with van der Waals surface area (Å²) in [6, 6.07) is 6.99. The highest BCUT2D eigenvalue weighted by Crippen LogP contribution is 2.30. The predicted octanol–water partition coefficient (Wildman–Crippen LogP) is 2.14. The van der Waals surface area contributed by atoms with E-state index in [1.54, 1.807) is 24.3 Å². The smallest absolute Gasteiger partial charge is 0.251 e. The molecule has 0 radical (unpaired) electrons. The van der Waals surface area contributed by atoms with Crippen molar-refractivity contribution < 1.29 is 9.59 Å². The van der Waals surface area contributed by atoms with Crippen LogP contribution in [0.1, 0.15) is 43.5 Å². The highest BCUT2D eigenvalue weighted by atomic mass is 16.2. The number of anilines is 1. The lowest BCUT2D eigenvalue weighted by Gasteiger charge is -2.19. The van der Waals surface area contributed by atoms with Gasteiger partial charge < -0.3 is 16.4 Å². The number of nitrogens with one attached hydrogen (secondary N) is 2. The van der Waals surface area contributed by atoms with Crippen LogP contribution in [0.3, 0.4) is 0 Å². The fraction of sp³-hybridized carbons (Fsp3) is 0.529. The molecule has 2 rings (SSSR count). The van der Waals surface area contributed by atoms with E-state index in [0.717, 1.165) is 19.3 Å². The molecule has 5 heteroatoms. The van der Waals surface area contributed by atoms with Crippen LogP contribution in [0, 0.1) is 11.8 Å². The van der Waals surface area contributed by atoms with Crippen molar-refractivity contribution in [2.45, 2.75) is 39.2 Å². The van der Waals surface area contributed by atoms with Crippen LogP contribution >= 0.6 is 0 Å². The van der Waals surface area contributed by atoms with Gasteiger partial charge in [-0.25, -0.2) is 0 Å². The van der Waals surface area contributed by atoms with E-state index < -0.39 is 0 Å². The standard InChI is InChI=1S/C17H25N3O2/c1-11(2)8-15(10-18)20-17(22)13-4-3-5-14(9-13)19-16(21)12-6-7-12/h3-5,9,11-12,15H,6-8,10,18H2,1-2H3,(H,19,21)(H,20,22). The van der Waals surface area contributed by atoms with Gasteiger partial charge in [0.15, 0.2) is 0 Å². The fourth-order valence-electron chi connectivity index (χ4n) is 2.38. The molecule has 1 aliphatic rings. The minimum atomic E-state index is -0.154. The second-order valence-corrected chi connectivity index (χ2v) is 6.38. The van der Waals surface area contributed by atoms with Crippen LogP contribution in [0.4, 0.5) is 5.69 Å². The van der Waals surface area contributed by atoms with Crippen LogP contribution in [0.25, 0.3) is 0 Å². The van der Waals surface area contributed by atoms with Gasteiger partial charge in [-0.3, -0.25) is 9.59 Å². The Morgan fingerprint density at radius 1 is 1.32 bits per heavy atom. The van der Waals surface area contributed by atoms with E-state index in [-0.39, 0.29) is 23.8 Å². The van der Waals surface area contributed by atoms with Gasteiger partial charge in [-0.05, 0) is 43.4 Å². The van der Waals surface area contributed by atoms with Crippen molar-refractivity contribution in [2.75, 3.05) is 11.9 Å². The van der Waals surface area contributed by atoms with E-state index in [1.807, 2.05) is 0 Å². The van der Waals surface area contributed by atoms with Crippen molar-refractivity contribution in [3.05, 3.63) is 29.8 Å². The molecule has 0 saturated heterocycles. The molecule has 5 nitrogen and oxygen atoms in total. The van der Waals surface area contributed by atoms with Crippen molar-refractivity contribution in [2.24, 2.45) is 17.6 Å². The zero-order valence-electron chi connectivity index (χ0n) is 13.3. The molecular formula is C17H25N3O2. The average molecular weight is 303 g/mol. The molecule has 120 valence electrons. The summed E-state index contributed by atoms with van der Waals surface area (Å²) in [5.74, 6) is 0.499. The summed E-state index contributed by atoms with van der Waals surface area (Å²) in [6.07, 6.45) is 2.76. The normalized spacial score (nSPS) is 15.5. The Bertz CT molecular complexity index is 538. The third-order valence-electron chi connectivity index (χ3n) is 3.72. The van der Waals surface area contributed by atoms with E-state index in [0.29, 0.717) is 23.7 Å². The lowest BCUT2D eigenvalue weighted by atomic mass is 10.0. The summed E-state index contributed by atoms with van der Waals surface area (Å²) in [5.41, 5.74) is 6.91. The first-order valence-corrected chi connectivity index (χ1v) is 7.91. The van der Waals surface area contributed by atoms with Crippen LogP contribution in [-0.4, -0.2) is 24.4 Å². The molecule has 1 aromatic carbocycles. The number of amides is 2. The molecule has 2 amide bonds. The molecule has 1 aromatic rings. The second kappa shape index (κ2) is 7.40. The van der Waals surface area contributed by atoms with E-state index in [2.05, 4.69) is 24.5 Å². The number of carbonyl (C=O) groups excluding carboxylic acids is 2. The average Bonchev–Trinajstić information content (AvgIpc) is 3.30. The summed E-state index contributed by atoms with van der Waals surface area (Å²) in [7, 11) is 0. The zero-order chi connectivity index (χ0) is 16.1. The summed E-state index contributed by atoms with van der Waals surface area (Å²) < 4.78 is 0. The third-order valence-corrected chi connectivity index (χ3v) is 3.72. The van der Waals surface area contributed by atoms with Crippen LogP contribution in [0.15, 0.2) is 24.3 Å². The van der Waals surface area contributed by atoms with Crippen LogP contribution in [0.2, 0.25) is 0 Å². The topological polar surface area (TPSA) is 84.2 Å². The molecule has 0 spiro atoms. The van der Waals surface area contributed by atoms with E-state index >= 15 is 0 Å². The number of rotatable bonds is 7. The lowest BCUT2D eigenvalue weighted by molar-refractivity contribution is -0.117. The van der Waals surface area contributed by atoms with E-state index in [4.69, 9.17) is 5.73 Å². The Labute approximate surface area is 131 Å². The second-order valence-electron chi connectivity index (χ2n) is 6.38. The molecule has 4 N–H and O–H groups in total. The van der Waals surface area contributed by atoms with Crippen molar-refractivity contribution in [3.63, 3.8) is 0 Å². The van der Waals surface area contributed by atoms with Gasteiger partial charge in [0, 0.05) is 29.8 Å². The van der Waals surface area contributed by atoms with Gasteiger partial charge in [0.05, 0.1) is 0 Å². The van der Waals surface area contributed by atoms with Crippen molar-refractivity contribution in [1.82, 2.24) is 5.32 Å². The molecule has 0 aromatic heterocycles. The maximum absolute atomic E-state index is 12.3. The Morgan fingerprint density at radius 3 is 2.64 bits per heavy atom. The monoisotopic (exact) mass is 303 g/mol. The number of nitrogens with two attached hydrogens (primary N) is 1. The first kappa shape index (κ1) is 16.5. The Kier molecular flexibility index (Phi) is 5.55. The van der Waals surface area contributed by atoms with Crippen LogP contribution < -0.4 is 16.4 Å². The first-order valence-electron chi connectivity index (χ1n) is 7.91. The van der Waals surface area contributed by atoms with Crippen LogP contribution in [0.5, 0.6) is 0 Å². The number of hydrogen-bond acceptors (Lipinski definition) is 3. The van der Waals surface area contributed by atoms with E-state index in [1.165, 1.54) is 0 Å². The van der Waals surface area contributed by atoms with Crippen molar-refractivity contribution >= 4 is 17.5 Å². The molecule has 0 heterocycles.